The largest absolute Gasteiger partial charge is 0.260 e. The maximum Gasteiger partial charge on any atom is 0.0579 e. The number of aryl methyl sites for hydroxylation is 1. The van der Waals surface area contributed by atoms with Gasteiger partial charge in [-0.15, -0.1) is 0 Å². The van der Waals surface area contributed by atoms with E-state index >= 15 is 0 Å². The minimum Gasteiger partial charge on any atom is -0.260 e. The van der Waals surface area contributed by atoms with E-state index in [1.165, 1.54) is 5.56 Å². The van der Waals surface area contributed by atoms with Crippen molar-refractivity contribution in [2.75, 3.05) is 7.05 Å². The molecule has 3 heteroatoms. The molecule has 0 amide bonds. The first-order valence-corrected chi connectivity index (χ1v) is 4.05. The Bertz CT molecular complexity index is 329. The molecule has 1 aromatic rings. The molecular formula is C10H13N3. The Labute approximate surface area is 78.2 Å². The van der Waals surface area contributed by atoms with Crippen molar-refractivity contribution in [1.82, 2.24) is 5.43 Å². The van der Waals surface area contributed by atoms with Crippen molar-refractivity contribution in [3.8, 4) is 0 Å². The summed E-state index contributed by atoms with van der Waals surface area (Å²) in [6.07, 6.45) is 0. The highest BCUT2D eigenvalue weighted by Crippen LogP contribution is 2.10. The number of hydrogen-bond donors (Lipinski definition) is 1. The van der Waals surface area contributed by atoms with Gasteiger partial charge < -0.3 is 0 Å². The summed E-state index contributed by atoms with van der Waals surface area (Å²) in [6.45, 7) is 5.88. The maximum absolute atomic E-state index is 3.84. The minimum atomic E-state index is 0.759. The van der Waals surface area contributed by atoms with Crippen LogP contribution in [0.2, 0.25) is 0 Å². The fraction of sp³-hybridized carbons (Fsp3) is 0.200. The van der Waals surface area contributed by atoms with Gasteiger partial charge in [-0.25, -0.2) is 0 Å². The topological polar surface area (TPSA) is 36.8 Å². The second-order valence-corrected chi connectivity index (χ2v) is 2.76. The molecule has 3 nitrogen and oxygen atoms in total. The fourth-order valence-corrected chi connectivity index (χ4v) is 1.01. The minimum absolute atomic E-state index is 0.759. The second-order valence-electron chi connectivity index (χ2n) is 2.76. The molecule has 0 saturated heterocycles. The Morgan fingerprint density at radius 2 is 2.23 bits per heavy atom. The van der Waals surface area contributed by atoms with E-state index in [0.717, 1.165) is 11.3 Å². The van der Waals surface area contributed by atoms with Gasteiger partial charge in [0.15, 0.2) is 0 Å². The second kappa shape index (κ2) is 4.40. The van der Waals surface area contributed by atoms with Crippen LogP contribution in [0.4, 0.5) is 0 Å². The monoisotopic (exact) mass is 175 g/mol. The van der Waals surface area contributed by atoms with E-state index in [1.807, 2.05) is 31.2 Å². The van der Waals surface area contributed by atoms with Gasteiger partial charge in [-0.2, -0.15) is 5.11 Å². The predicted octanol–water partition coefficient (Wildman–Crippen LogP) is 2.55. The first-order valence-electron chi connectivity index (χ1n) is 4.05. The quantitative estimate of drug-likeness (QED) is 0.556. The van der Waals surface area contributed by atoms with Crippen molar-refractivity contribution >= 4 is 5.70 Å². The van der Waals surface area contributed by atoms with Gasteiger partial charge in [-0.1, -0.05) is 35.6 Å². The number of hydrogen-bond acceptors (Lipinski definition) is 2. The molecule has 0 unspecified atom stereocenters. The summed E-state index contributed by atoms with van der Waals surface area (Å²) >= 11 is 0. The van der Waals surface area contributed by atoms with E-state index in [9.17, 15) is 0 Å². The molecule has 68 valence electrons. The third-order valence-corrected chi connectivity index (χ3v) is 1.65. The zero-order chi connectivity index (χ0) is 9.68. The Hall–Kier alpha value is -1.64. The Morgan fingerprint density at radius 3 is 2.85 bits per heavy atom. The van der Waals surface area contributed by atoms with Gasteiger partial charge in [-0.3, -0.25) is 5.43 Å². The van der Waals surface area contributed by atoms with Crippen LogP contribution < -0.4 is 5.43 Å². The van der Waals surface area contributed by atoms with Crippen LogP contribution in [0.3, 0.4) is 0 Å². The smallest absolute Gasteiger partial charge is 0.0579 e. The number of rotatable bonds is 3. The molecule has 0 saturated carbocycles. The molecular weight excluding hydrogens is 162 g/mol. The van der Waals surface area contributed by atoms with Crippen LogP contribution in [0.5, 0.6) is 0 Å². The van der Waals surface area contributed by atoms with Gasteiger partial charge in [0, 0.05) is 0 Å². The van der Waals surface area contributed by atoms with E-state index in [-0.39, 0.29) is 0 Å². The van der Waals surface area contributed by atoms with Gasteiger partial charge in [-0.05, 0) is 18.6 Å². The predicted molar refractivity (Wildman–Crippen MR) is 54.1 cm³/mol. The highest BCUT2D eigenvalue weighted by atomic mass is 15.4. The van der Waals surface area contributed by atoms with Crippen molar-refractivity contribution in [1.29, 1.82) is 0 Å². The molecule has 0 radical (unpaired) electrons. The zero-order valence-corrected chi connectivity index (χ0v) is 7.91. The zero-order valence-electron chi connectivity index (χ0n) is 7.91. The summed E-state index contributed by atoms with van der Waals surface area (Å²) in [5.74, 6) is 0. The van der Waals surface area contributed by atoms with Crippen LogP contribution in [-0.4, -0.2) is 7.05 Å². The van der Waals surface area contributed by atoms with E-state index in [1.54, 1.807) is 7.05 Å². The summed E-state index contributed by atoms with van der Waals surface area (Å²) < 4.78 is 0. The molecule has 13 heavy (non-hydrogen) atoms. The van der Waals surface area contributed by atoms with Gasteiger partial charge in [0.1, 0.15) is 0 Å². The SMILES string of the molecule is C=C(N/N=N\C)c1cccc(C)c1. The number of benzene rings is 1. The van der Waals surface area contributed by atoms with Gasteiger partial charge in [0.2, 0.25) is 0 Å². The number of nitrogens with one attached hydrogen (secondary N) is 1. The van der Waals surface area contributed by atoms with E-state index < -0.39 is 0 Å². The molecule has 1 rings (SSSR count). The maximum atomic E-state index is 3.84. The third-order valence-electron chi connectivity index (χ3n) is 1.65. The van der Waals surface area contributed by atoms with Crippen LogP contribution in [0, 0.1) is 6.92 Å². The molecule has 0 aromatic heterocycles. The Kier molecular flexibility index (Phi) is 3.20. The van der Waals surface area contributed by atoms with Crippen molar-refractivity contribution in [2.24, 2.45) is 10.3 Å². The first kappa shape index (κ1) is 9.45. The summed E-state index contributed by atoms with van der Waals surface area (Å²) in [6, 6.07) is 8.05. The highest BCUT2D eigenvalue weighted by molar-refractivity contribution is 5.61. The van der Waals surface area contributed by atoms with E-state index in [0.29, 0.717) is 0 Å². The molecule has 0 aliphatic carbocycles. The molecule has 0 heterocycles. The average Bonchev–Trinajstić information content (AvgIpc) is 2.14. The average molecular weight is 175 g/mol. The Morgan fingerprint density at radius 1 is 1.46 bits per heavy atom. The first-order chi connectivity index (χ1) is 6.24. The Balaban J connectivity index is 2.77. The van der Waals surface area contributed by atoms with Crippen LogP contribution in [0.25, 0.3) is 5.70 Å². The molecule has 0 aliphatic rings. The summed E-state index contributed by atoms with van der Waals surface area (Å²) in [5, 5.41) is 7.23. The van der Waals surface area contributed by atoms with Crippen LogP contribution in [-0.2, 0) is 0 Å². The van der Waals surface area contributed by atoms with Crippen molar-refractivity contribution in [3.05, 3.63) is 42.0 Å². The number of nitrogens with zero attached hydrogens (tertiary/aromatic N) is 2. The standard InChI is InChI=1S/C10H13N3/c1-8-5-4-6-10(7-8)9(2)12-13-11-3/h4-7H,2H2,1,3H3,(H,11,12). The molecule has 1 N–H and O–H groups in total. The summed E-state index contributed by atoms with van der Waals surface area (Å²) in [5.41, 5.74) is 5.74. The lowest BCUT2D eigenvalue weighted by Crippen LogP contribution is -2.01. The lowest BCUT2D eigenvalue weighted by molar-refractivity contribution is 0.873. The van der Waals surface area contributed by atoms with Gasteiger partial charge >= 0.3 is 0 Å². The van der Waals surface area contributed by atoms with Crippen LogP contribution in [0.1, 0.15) is 11.1 Å². The van der Waals surface area contributed by atoms with E-state index in [2.05, 4.69) is 22.3 Å². The van der Waals surface area contributed by atoms with Crippen molar-refractivity contribution in [2.45, 2.75) is 6.92 Å². The lowest BCUT2D eigenvalue weighted by Gasteiger charge is -2.04. The normalized spacial score (nSPS) is 10.3. The van der Waals surface area contributed by atoms with Crippen molar-refractivity contribution in [3.63, 3.8) is 0 Å². The lowest BCUT2D eigenvalue weighted by atomic mass is 10.1. The molecule has 0 bridgehead atoms. The summed E-state index contributed by atoms with van der Waals surface area (Å²) in [4.78, 5) is 0. The summed E-state index contributed by atoms with van der Waals surface area (Å²) in [7, 11) is 1.61. The van der Waals surface area contributed by atoms with Gasteiger partial charge in [0.05, 0.1) is 12.7 Å². The molecule has 0 aliphatic heterocycles. The highest BCUT2D eigenvalue weighted by Gasteiger charge is 1.96. The van der Waals surface area contributed by atoms with Crippen molar-refractivity contribution < 1.29 is 0 Å². The molecule has 0 fully saturated rings. The molecule has 1 aromatic carbocycles. The van der Waals surface area contributed by atoms with Gasteiger partial charge in [0.25, 0.3) is 0 Å². The fourth-order valence-electron chi connectivity index (χ4n) is 1.01. The third kappa shape index (κ3) is 2.71. The molecule has 0 spiro atoms. The van der Waals surface area contributed by atoms with Crippen LogP contribution >= 0.6 is 0 Å². The van der Waals surface area contributed by atoms with E-state index in [4.69, 9.17) is 0 Å². The van der Waals surface area contributed by atoms with Crippen LogP contribution in [0.15, 0.2) is 41.2 Å². The molecule has 0 atom stereocenters.